The summed E-state index contributed by atoms with van der Waals surface area (Å²) in [5.41, 5.74) is 0.602. The van der Waals surface area contributed by atoms with Crippen LogP contribution in [0.2, 0.25) is 0 Å². The molecule has 1 saturated heterocycles. The molecule has 1 fully saturated rings. The molecule has 8 heteroatoms. The maximum absolute atomic E-state index is 13.4. The molecule has 0 N–H and O–H groups in total. The van der Waals surface area contributed by atoms with Crippen LogP contribution in [0, 0.1) is 11.6 Å². The lowest BCUT2D eigenvalue weighted by Crippen LogP contribution is -2.37. The number of furan rings is 1. The predicted molar refractivity (Wildman–Crippen MR) is 82.3 cm³/mol. The summed E-state index contributed by atoms with van der Waals surface area (Å²) < 4.78 is 43.0. The van der Waals surface area contributed by atoms with Crippen molar-refractivity contribution >= 4 is 0 Å². The molecule has 0 radical (unpaired) electrons. The van der Waals surface area contributed by atoms with E-state index in [2.05, 4.69) is 15.1 Å². The van der Waals surface area contributed by atoms with Gasteiger partial charge in [0.25, 0.3) is 5.89 Å². The number of morpholine rings is 1. The van der Waals surface area contributed by atoms with Gasteiger partial charge in [-0.25, -0.2) is 8.78 Å². The Bertz CT molecular complexity index is 851. The standard InChI is InChI=1S/C17H15F2N3O3/c18-12-4-3-11(8-13(12)19)15-9-22(5-7-24-15)10-16-20-21-17(25-16)14-2-1-6-23-14/h1-4,6,8,15H,5,7,9-10H2/t15-/m0/s1. The number of hydrogen-bond donors (Lipinski definition) is 0. The van der Waals surface area contributed by atoms with Crippen LogP contribution in [0.25, 0.3) is 11.7 Å². The van der Waals surface area contributed by atoms with Gasteiger partial charge in [0, 0.05) is 13.1 Å². The van der Waals surface area contributed by atoms with Crippen molar-refractivity contribution in [1.82, 2.24) is 15.1 Å². The zero-order valence-electron chi connectivity index (χ0n) is 13.2. The Morgan fingerprint density at radius 2 is 2.08 bits per heavy atom. The minimum atomic E-state index is -0.877. The molecule has 0 spiro atoms. The van der Waals surface area contributed by atoms with Crippen molar-refractivity contribution in [2.45, 2.75) is 12.6 Å². The van der Waals surface area contributed by atoms with Crippen LogP contribution in [0.5, 0.6) is 0 Å². The molecule has 4 rings (SSSR count). The Balaban J connectivity index is 1.44. The lowest BCUT2D eigenvalue weighted by Gasteiger charge is -2.32. The molecule has 6 nitrogen and oxygen atoms in total. The molecule has 1 aliphatic rings. The first kappa shape index (κ1) is 15.9. The van der Waals surface area contributed by atoms with Gasteiger partial charge < -0.3 is 13.6 Å². The number of halogens is 2. The predicted octanol–water partition coefficient (Wildman–Crippen LogP) is 3.18. The van der Waals surface area contributed by atoms with Gasteiger partial charge in [0.1, 0.15) is 0 Å². The first-order valence-electron chi connectivity index (χ1n) is 7.84. The van der Waals surface area contributed by atoms with Gasteiger partial charge in [-0.3, -0.25) is 4.90 Å². The lowest BCUT2D eigenvalue weighted by molar-refractivity contribution is -0.0353. The topological polar surface area (TPSA) is 64.5 Å². The SMILES string of the molecule is Fc1ccc([C@@H]2CN(Cc3nnc(-c4ccco4)o3)CCO2)cc1F. The van der Waals surface area contributed by atoms with E-state index in [1.165, 1.54) is 18.4 Å². The lowest BCUT2D eigenvalue weighted by atomic mass is 10.1. The van der Waals surface area contributed by atoms with Crippen LogP contribution in [0.3, 0.4) is 0 Å². The molecule has 130 valence electrons. The van der Waals surface area contributed by atoms with Crippen LogP contribution in [0.4, 0.5) is 8.78 Å². The van der Waals surface area contributed by atoms with E-state index in [4.69, 9.17) is 13.6 Å². The number of benzene rings is 1. The van der Waals surface area contributed by atoms with Crippen LogP contribution in [-0.2, 0) is 11.3 Å². The Kier molecular flexibility index (Phi) is 4.29. The molecule has 0 bridgehead atoms. The van der Waals surface area contributed by atoms with Crippen LogP contribution in [0.15, 0.2) is 45.4 Å². The molecule has 0 aliphatic carbocycles. The Morgan fingerprint density at radius 1 is 1.16 bits per heavy atom. The summed E-state index contributed by atoms with van der Waals surface area (Å²) >= 11 is 0. The van der Waals surface area contributed by atoms with Crippen molar-refractivity contribution in [3.63, 3.8) is 0 Å². The zero-order chi connectivity index (χ0) is 17.2. The monoisotopic (exact) mass is 347 g/mol. The first-order valence-corrected chi connectivity index (χ1v) is 7.84. The number of aromatic nitrogens is 2. The third-order valence-electron chi connectivity index (χ3n) is 4.02. The summed E-state index contributed by atoms with van der Waals surface area (Å²) in [6.07, 6.45) is 1.20. The van der Waals surface area contributed by atoms with Crippen LogP contribution in [-0.4, -0.2) is 34.8 Å². The maximum atomic E-state index is 13.4. The average molecular weight is 347 g/mol. The summed E-state index contributed by atoms with van der Waals surface area (Å²) in [4.78, 5) is 2.06. The minimum Gasteiger partial charge on any atom is -0.459 e. The fraction of sp³-hybridized carbons (Fsp3) is 0.294. The summed E-state index contributed by atoms with van der Waals surface area (Å²) in [6.45, 7) is 2.11. The summed E-state index contributed by atoms with van der Waals surface area (Å²) in [5, 5.41) is 7.98. The molecule has 1 atom stereocenters. The van der Waals surface area contributed by atoms with Crippen molar-refractivity contribution < 1.29 is 22.4 Å². The van der Waals surface area contributed by atoms with Gasteiger partial charge in [-0.2, -0.15) is 0 Å². The Hall–Kier alpha value is -2.58. The van der Waals surface area contributed by atoms with Gasteiger partial charge in [-0.05, 0) is 29.8 Å². The summed E-state index contributed by atoms with van der Waals surface area (Å²) in [5.74, 6) is -0.450. The molecule has 1 aromatic carbocycles. The second-order valence-corrected chi connectivity index (χ2v) is 5.75. The van der Waals surface area contributed by atoms with E-state index >= 15 is 0 Å². The fourth-order valence-corrected chi connectivity index (χ4v) is 2.77. The fourth-order valence-electron chi connectivity index (χ4n) is 2.77. The molecule has 2 aromatic heterocycles. The largest absolute Gasteiger partial charge is 0.459 e. The van der Waals surface area contributed by atoms with E-state index in [0.29, 0.717) is 49.3 Å². The van der Waals surface area contributed by atoms with E-state index in [9.17, 15) is 8.78 Å². The Labute approximate surface area is 142 Å². The zero-order valence-corrected chi connectivity index (χ0v) is 13.2. The third-order valence-corrected chi connectivity index (χ3v) is 4.02. The van der Waals surface area contributed by atoms with E-state index in [-0.39, 0.29) is 6.10 Å². The molecule has 25 heavy (non-hydrogen) atoms. The molecule has 3 heterocycles. The van der Waals surface area contributed by atoms with Crippen LogP contribution >= 0.6 is 0 Å². The van der Waals surface area contributed by atoms with Crippen molar-refractivity contribution in [3.05, 3.63) is 59.7 Å². The molecular weight excluding hydrogens is 332 g/mol. The third kappa shape index (κ3) is 3.45. The quantitative estimate of drug-likeness (QED) is 0.722. The highest BCUT2D eigenvalue weighted by Gasteiger charge is 2.24. The molecule has 0 amide bonds. The molecule has 1 aliphatic heterocycles. The molecule has 3 aromatic rings. The molecule has 0 unspecified atom stereocenters. The highest BCUT2D eigenvalue weighted by Crippen LogP contribution is 2.25. The van der Waals surface area contributed by atoms with Crippen LogP contribution in [0.1, 0.15) is 17.6 Å². The van der Waals surface area contributed by atoms with E-state index in [0.717, 1.165) is 6.07 Å². The van der Waals surface area contributed by atoms with E-state index in [1.807, 2.05) is 0 Å². The smallest absolute Gasteiger partial charge is 0.283 e. The number of hydrogen-bond acceptors (Lipinski definition) is 6. The van der Waals surface area contributed by atoms with E-state index in [1.54, 1.807) is 12.1 Å². The van der Waals surface area contributed by atoms with E-state index < -0.39 is 11.6 Å². The van der Waals surface area contributed by atoms with Gasteiger partial charge >= 0.3 is 0 Å². The minimum absolute atomic E-state index is 0.324. The maximum Gasteiger partial charge on any atom is 0.283 e. The second kappa shape index (κ2) is 6.73. The molecule has 0 saturated carbocycles. The van der Waals surface area contributed by atoms with Gasteiger partial charge in [0.15, 0.2) is 17.4 Å². The average Bonchev–Trinajstić information content (AvgIpc) is 3.29. The van der Waals surface area contributed by atoms with Crippen molar-refractivity contribution in [1.29, 1.82) is 0 Å². The van der Waals surface area contributed by atoms with Crippen molar-refractivity contribution in [3.8, 4) is 11.7 Å². The second-order valence-electron chi connectivity index (χ2n) is 5.75. The molecular formula is C17H15F2N3O3. The normalized spacial score (nSPS) is 18.6. The number of ether oxygens (including phenoxy) is 1. The van der Waals surface area contributed by atoms with Crippen LogP contribution < -0.4 is 0 Å². The van der Waals surface area contributed by atoms with Gasteiger partial charge in [-0.15, -0.1) is 10.2 Å². The number of rotatable bonds is 4. The first-order chi connectivity index (χ1) is 12.2. The summed E-state index contributed by atoms with van der Waals surface area (Å²) in [7, 11) is 0. The highest BCUT2D eigenvalue weighted by molar-refractivity contribution is 5.42. The Morgan fingerprint density at radius 3 is 2.88 bits per heavy atom. The van der Waals surface area contributed by atoms with Crippen molar-refractivity contribution in [2.75, 3.05) is 19.7 Å². The van der Waals surface area contributed by atoms with Gasteiger partial charge in [0.2, 0.25) is 5.89 Å². The van der Waals surface area contributed by atoms with Gasteiger partial charge in [-0.1, -0.05) is 6.07 Å². The highest BCUT2D eigenvalue weighted by atomic mass is 19.2. The van der Waals surface area contributed by atoms with Crippen molar-refractivity contribution in [2.24, 2.45) is 0 Å². The number of nitrogens with zero attached hydrogens (tertiary/aromatic N) is 3. The summed E-state index contributed by atoms with van der Waals surface area (Å²) in [6, 6.07) is 7.30. The van der Waals surface area contributed by atoms with Gasteiger partial charge in [0.05, 0.1) is 25.5 Å².